The highest BCUT2D eigenvalue weighted by atomic mass is 16.3. The van der Waals surface area contributed by atoms with Crippen LogP contribution in [0, 0.1) is 0 Å². The molecule has 22 heavy (non-hydrogen) atoms. The molecule has 5 heteroatoms. The second-order valence-corrected chi connectivity index (χ2v) is 4.99. The molecule has 0 unspecified atom stereocenters. The Balaban J connectivity index is 1.82. The van der Waals surface area contributed by atoms with Crippen molar-refractivity contribution >= 4 is 22.6 Å². The lowest BCUT2D eigenvalue weighted by molar-refractivity contribution is -0.120. The van der Waals surface area contributed by atoms with E-state index in [1.54, 1.807) is 6.07 Å². The van der Waals surface area contributed by atoms with Crippen molar-refractivity contribution in [2.75, 3.05) is 19.7 Å². The first-order valence-corrected chi connectivity index (χ1v) is 7.35. The van der Waals surface area contributed by atoms with Crippen molar-refractivity contribution in [3.05, 3.63) is 48.0 Å². The lowest BCUT2D eigenvalue weighted by atomic mass is 10.1. The Hall–Kier alpha value is -2.40. The molecule has 0 aromatic heterocycles. The predicted octanol–water partition coefficient (Wildman–Crippen LogP) is 1.46. The Bertz CT molecular complexity index is 655. The van der Waals surface area contributed by atoms with Crippen LogP contribution in [0.1, 0.15) is 23.2 Å². The predicted molar refractivity (Wildman–Crippen MR) is 85.6 cm³/mol. The lowest BCUT2D eigenvalue weighted by Gasteiger charge is -2.07. The number of aliphatic hydroxyl groups is 1. The molecule has 0 bridgehead atoms. The van der Waals surface area contributed by atoms with Gasteiger partial charge in [-0.2, -0.15) is 0 Å². The van der Waals surface area contributed by atoms with Crippen molar-refractivity contribution in [2.24, 2.45) is 0 Å². The molecular weight excluding hydrogens is 280 g/mol. The van der Waals surface area contributed by atoms with Gasteiger partial charge in [-0.05, 0) is 29.3 Å². The van der Waals surface area contributed by atoms with Gasteiger partial charge in [-0.3, -0.25) is 9.59 Å². The third-order valence-corrected chi connectivity index (χ3v) is 3.31. The quantitative estimate of drug-likeness (QED) is 0.677. The minimum atomic E-state index is -0.186. The summed E-state index contributed by atoms with van der Waals surface area (Å²) < 4.78 is 0. The maximum atomic E-state index is 12.1. The Labute approximate surface area is 129 Å². The van der Waals surface area contributed by atoms with E-state index in [4.69, 9.17) is 5.11 Å². The van der Waals surface area contributed by atoms with E-state index in [0.29, 0.717) is 18.5 Å². The van der Waals surface area contributed by atoms with Crippen LogP contribution in [0.15, 0.2) is 42.5 Å². The standard InChI is InChI=1S/C17H20N2O3/c20-11-3-9-18-16(21)8-10-19-17(22)15-7-6-13-4-1-2-5-14(13)12-15/h1-2,4-7,12,20H,3,8-11H2,(H,18,21)(H,19,22). The van der Waals surface area contributed by atoms with Crippen LogP contribution < -0.4 is 10.6 Å². The van der Waals surface area contributed by atoms with E-state index in [-0.39, 0.29) is 31.4 Å². The van der Waals surface area contributed by atoms with Crippen molar-refractivity contribution < 1.29 is 14.7 Å². The van der Waals surface area contributed by atoms with Gasteiger partial charge in [0, 0.05) is 31.7 Å². The summed E-state index contributed by atoms with van der Waals surface area (Å²) in [5, 5.41) is 16.1. The zero-order chi connectivity index (χ0) is 15.8. The highest BCUT2D eigenvalue weighted by Crippen LogP contribution is 2.15. The van der Waals surface area contributed by atoms with E-state index in [1.165, 1.54) is 0 Å². The normalized spacial score (nSPS) is 10.4. The molecule has 0 aliphatic rings. The molecule has 0 aliphatic heterocycles. The summed E-state index contributed by atoms with van der Waals surface area (Å²) in [4.78, 5) is 23.5. The van der Waals surface area contributed by atoms with Crippen LogP contribution in [-0.2, 0) is 4.79 Å². The Morgan fingerprint density at radius 2 is 1.73 bits per heavy atom. The number of carbonyl (C=O) groups excluding carboxylic acids is 2. The van der Waals surface area contributed by atoms with E-state index in [1.807, 2.05) is 36.4 Å². The highest BCUT2D eigenvalue weighted by Gasteiger charge is 2.07. The average molecular weight is 300 g/mol. The summed E-state index contributed by atoms with van der Waals surface area (Å²) in [5.41, 5.74) is 0.583. The van der Waals surface area contributed by atoms with Crippen LogP contribution in [0.25, 0.3) is 10.8 Å². The smallest absolute Gasteiger partial charge is 0.251 e. The number of hydrogen-bond donors (Lipinski definition) is 3. The van der Waals surface area contributed by atoms with Gasteiger partial charge in [-0.25, -0.2) is 0 Å². The Morgan fingerprint density at radius 1 is 0.955 bits per heavy atom. The summed E-state index contributed by atoms with van der Waals surface area (Å²) in [6.45, 7) is 0.795. The van der Waals surface area contributed by atoms with Gasteiger partial charge in [-0.1, -0.05) is 30.3 Å². The minimum absolute atomic E-state index is 0.0545. The Kier molecular flexibility index (Phi) is 5.91. The molecule has 0 saturated heterocycles. The minimum Gasteiger partial charge on any atom is -0.396 e. The Morgan fingerprint density at radius 3 is 2.50 bits per heavy atom. The first-order valence-electron chi connectivity index (χ1n) is 7.35. The van der Waals surface area contributed by atoms with Crippen LogP contribution in [-0.4, -0.2) is 36.6 Å². The second-order valence-electron chi connectivity index (χ2n) is 4.99. The van der Waals surface area contributed by atoms with E-state index in [0.717, 1.165) is 10.8 Å². The number of fused-ring (bicyclic) bond motifs is 1. The molecule has 2 aromatic carbocycles. The van der Waals surface area contributed by atoms with Gasteiger partial charge in [0.2, 0.25) is 5.91 Å². The maximum absolute atomic E-state index is 12.1. The molecule has 0 fully saturated rings. The molecule has 0 heterocycles. The van der Waals surface area contributed by atoms with Gasteiger partial charge < -0.3 is 15.7 Å². The third kappa shape index (κ3) is 4.56. The first kappa shape index (κ1) is 16.0. The van der Waals surface area contributed by atoms with Crippen LogP contribution in [0.2, 0.25) is 0 Å². The van der Waals surface area contributed by atoms with E-state index < -0.39 is 0 Å². The van der Waals surface area contributed by atoms with Crippen molar-refractivity contribution in [1.29, 1.82) is 0 Å². The third-order valence-electron chi connectivity index (χ3n) is 3.31. The molecule has 0 aliphatic carbocycles. The van der Waals surface area contributed by atoms with E-state index >= 15 is 0 Å². The zero-order valence-corrected chi connectivity index (χ0v) is 12.3. The molecular formula is C17H20N2O3. The van der Waals surface area contributed by atoms with Crippen LogP contribution in [0.4, 0.5) is 0 Å². The first-order chi connectivity index (χ1) is 10.7. The van der Waals surface area contributed by atoms with Gasteiger partial charge in [0.15, 0.2) is 0 Å². The van der Waals surface area contributed by atoms with E-state index in [2.05, 4.69) is 10.6 Å². The van der Waals surface area contributed by atoms with Gasteiger partial charge in [-0.15, -0.1) is 0 Å². The van der Waals surface area contributed by atoms with Gasteiger partial charge in [0.1, 0.15) is 0 Å². The monoisotopic (exact) mass is 300 g/mol. The fourth-order valence-corrected chi connectivity index (χ4v) is 2.12. The molecule has 0 atom stereocenters. The number of hydrogen-bond acceptors (Lipinski definition) is 3. The fourth-order valence-electron chi connectivity index (χ4n) is 2.12. The van der Waals surface area contributed by atoms with Crippen LogP contribution in [0.3, 0.4) is 0 Å². The largest absolute Gasteiger partial charge is 0.396 e. The number of benzene rings is 2. The molecule has 5 nitrogen and oxygen atoms in total. The van der Waals surface area contributed by atoms with Gasteiger partial charge in [0.05, 0.1) is 0 Å². The lowest BCUT2D eigenvalue weighted by Crippen LogP contribution is -2.31. The van der Waals surface area contributed by atoms with Crippen molar-refractivity contribution in [3.63, 3.8) is 0 Å². The van der Waals surface area contributed by atoms with Crippen LogP contribution in [0.5, 0.6) is 0 Å². The van der Waals surface area contributed by atoms with Crippen molar-refractivity contribution in [3.8, 4) is 0 Å². The zero-order valence-electron chi connectivity index (χ0n) is 12.3. The molecule has 116 valence electrons. The maximum Gasteiger partial charge on any atom is 0.251 e. The molecule has 2 amide bonds. The summed E-state index contributed by atoms with van der Waals surface area (Å²) in [5.74, 6) is -0.318. The number of nitrogens with one attached hydrogen (secondary N) is 2. The molecule has 0 radical (unpaired) electrons. The summed E-state index contributed by atoms with van der Waals surface area (Å²) in [6.07, 6.45) is 0.764. The van der Waals surface area contributed by atoms with E-state index in [9.17, 15) is 9.59 Å². The number of aliphatic hydroxyl groups excluding tert-OH is 1. The SMILES string of the molecule is O=C(CCNC(=O)c1ccc2ccccc2c1)NCCCO. The fraction of sp³-hybridized carbons (Fsp3) is 0.294. The topological polar surface area (TPSA) is 78.4 Å². The van der Waals surface area contributed by atoms with Gasteiger partial charge >= 0.3 is 0 Å². The summed E-state index contributed by atoms with van der Waals surface area (Å²) in [6, 6.07) is 13.4. The number of amides is 2. The summed E-state index contributed by atoms with van der Waals surface area (Å²) >= 11 is 0. The number of rotatable bonds is 7. The highest BCUT2D eigenvalue weighted by molar-refractivity contribution is 5.98. The van der Waals surface area contributed by atoms with Crippen molar-refractivity contribution in [1.82, 2.24) is 10.6 Å². The average Bonchev–Trinajstić information content (AvgIpc) is 2.54. The molecule has 2 rings (SSSR count). The molecule has 0 saturated carbocycles. The van der Waals surface area contributed by atoms with Crippen LogP contribution >= 0.6 is 0 Å². The summed E-state index contributed by atoms with van der Waals surface area (Å²) in [7, 11) is 0. The van der Waals surface area contributed by atoms with Crippen molar-refractivity contribution in [2.45, 2.75) is 12.8 Å². The number of carbonyl (C=O) groups is 2. The van der Waals surface area contributed by atoms with Gasteiger partial charge in [0.25, 0.3) is 5.91 Å². The molecule has 3 N–H and O–H groups in total. The second kappa shape index (κ2) is 8.14. The molecule has 2 aromatic rings. The molecule has 0 spiro atoms.